The summed E-state index contributed by atoms with van der Waals surface area (Å²) < 4.78 is 0. The summed E-state index contributed by atoms with van der Waals surface area (Å²) in [6.07, 6.45) is 7.02. The lowest BCUT2D eigenvalue weighted by atomic mass is 10.1. The summed E-state index contributed by atoms with van der Waals surface area (Å²) in [6, 6.07) is 21.4. The van der Waals surface area contributed by atoms with E-state index in [0.717, 1.165) is 34.0 Å². The highest BCUT2D eigenvalue weighted by atomic mass is 15.0. The number of nitrogens with zero attached hydrogens (tertiary/aromatic N) is 6. The number of nitrogens with one attached hydrogen (secondary N) is 1. The fourth-order valence-corrected chi connectivity index (χ4v) is 3.30. The third-order valence-electron chi connectivity index (χ3n) is 4.78. The van der Waals surface area contributed by atoms with E-state index in [2.05, 4.69) is 25.3 Å². The Balaban J connectivity index is 1.54. The van der Waals surface area contributed by atoms with Crippen LogP contribution in [0.2, 0.25) is 0 Å². The normalized spacial score (nSPS) is 10.7. The number of aromatic nitrogens is 6. The van der Waals surface area contributed by atoms with Crippen LogP contribution >= 0.6 is 0 Å². The van der Waals surface area contributed by atoms with Crippen LogP contribution in [0.1, 0.15) is 5.82 Å². The third kappa shape index (κ3) is 4.32. The van der Waals surface area contributed by atoms with Crippen LogP contribution in [0.15, 0.2) is 91.5 Å². The van der Waals surface area contributed by atoms with E-state index in [9.17, 15) is 0 Å². The summed E-state index contributed by atoms with van der Waals surface area (Å²) in [6.45, 7) is 1.88. The van der Waals surface area contributed by atoms with Gasteiger partial charge in [0.1, 0.15) is 17.3 Å². The van der Waals surface area contributed by atoms with Crippen molar-refractivity contribution in [2.75, 3.05) is 5.32 Å². The largest absolute Gasteiger partial charge is 0.340 e. The molecular formula is C25H19N7. The molecule has 0 fully saturated rings. The molecule has 0 spiro atoms. The van der Waals surface area contributed by atoms with Crippen LogP contribution in [-0.2, 0) is 0 Å². The van der Waals surface area contributed by atoms with Crippen LogP contribution in [0, 0.1) is 6.92 Å². The van der Waals surface area contributed by atoms with Crippen LogP contribution in [-0.4, -0.2) is 29.9 Å². The summed E-state index contributed by atoms with van der Waals surface area (Å²) >= 11 is 0. The number of anilines is 2. The predicted octanol–water partition coefficient (Wildman–Crippen LogP) is 5.11. The zero-order chi connectivity index (χ0) is 21.8. The molecular weight excluding hydrogens is 398 g/mol. The molecule has 154 valence electrons. The molecule has 5 aromatic rings. The van der Waals surface area contributed by atoms with E-state index in [1.807, 2.05) is 73.7 Å². The molecule has 4 aromatic heterocycles. The highest BCUT2D eigenvalue weighted by Crippen LogP contribution is 2.27. The molecule has 1 N–H and O–H groups in total. The first kappa shape index (κ1) is 19.4. The molecule has 0 unspecified atom stereocenters. The molecule has 0 aliphatic carbocycles. The van der Waals surface area contributed by atoms with Gasteiger partial charge in [-0.25, -0.2) is 19.9 Å². The lowest BCUT2D eigenvalue weighted by Gasteiger charge is -2.11. The fraction of sp³-hybridized carbons (Fsp3) is 0.0400. The van der Waals surface area contributed by atoms with Crippen molar-refractivity contribution < 1.29 is 0 Å². The molecule has 7 heteroatoms. The maximum atomic E-state index is 4.72. The molecule has 0 atom stereocenters. The Morgan fingerprint density at radius 1 is 0.656 bits per heavy atom. The summed E-state index contributed by atoms with van der Waals surface area (Å²) in [5.41, 5.74) is 5.12. The molecule has 1 aromatic carbocycles. The second-order valence-corrected chi connectivity index (χ2v) is 7.11. The molecule has 0 saturated heterocycles. The lowest BCUT2D eigenvalue weighted by molar-refractivity contribution is 1.06. The molecule has 0 saturated carbocycles. The first-order chi connectivity index (χ1) is 15.7. The Kier molecular flexibility index (Phi) is 5.28. The number of hydrogen-bond acceptors (Lipinski definition) is 7. The molecule has 4 heterocycles. The lowest BCUT2D eigenvalue weighted by Crippen LogP contribution is -2.00. The van der Waals surface area contributed by atoms with Crippen LogP contribution in [0.25, 0.3) is 34.0 Å². The summed E-state index contributed by atoms with van der Waals surface area (Å²) in [5.74, 6) is 1.94. The van der Waals surface area contributed by atoms with Gasteiger partial charge in [0.25, 0.3) is 0 Å². The van der Waals surface area contributed by atoms with Gasteiger partial charge in [-0.15, -0.1) is 0 Å². The van der Waals surface area contributed by atoms with Crippen LogP contribution in [0.5, 0.6) is 0 Å². The van der Waals surface area contributed by atoms with E-state index in [1.54, 1.807) is 24.8 Å². The second-order valence-electron chi connectivity index (χ2n) is 7.11. The third-order valence-corrected chi connectivity index (χ3v) is 4.78. The van der Waals surface area contributed by atoms with Gasteiger partial charge in [-0.05, 0) is 49.4 Å². The average Bonchev–Trinajstić information content (AvgIpc) is 2.85. The first-order valence-electron chi connectivity index (χ1n) is 10.1. The molecule has 0 aliphatic rings. The number of pyridine rings is 2. The molecule has 0 amide bonds. The Labute approximate surface area is 185 Å². The molecule has 0 bridgehead atoms. The monoisotopic (exact) mass is 417 g/mol. The fourth-order valence-electron chi connectivity index (χ4n) is 3.30. The van der Waals surface area contributed by atoms with E-state index in [-0.39, 0.29) is 0 Å². The van der Waals surface area contributed by atoms with Gasteiger partial charge in [0.15, 0.2) is 5.82 Å². The van der Waals surface area contributed by atoms with E-state index < -0.39 is 0 Å². The van der Waals surface area contributed by atoms with Gasteiger partial charge in [0, 0.05) is 47.7 Å². The predicted molar refractivity (Wildman–Crippen MR) is 124 cm³/mol. The summed E-state index contributed by atoms with van der Waals surface area (Å²) in [7, 11) is 0. The van der Waals surface area contributed by atoms with Crippen molar-refractivity contribution in [2.24, 2.45) is 0 Å². The van der Waals surface area contributed by atoms with Gasteiger partial charge >= 0.3 is 0 Å². The SMILES string of the molecule is Cc1nccc(-c2cccc(Nc3cc(-c4cccnc4)nc(-c4ccccn4)n3)c2)n1. The molecule has 7 nitrogen and oxygen atoms in total. The zero-order valence-corrected chi connectivity index (χ0v) is 17.3. The summed E-state index contributed by atoms with van der Waals surface area (Å²) in [4.78, 5) is 26.8. The standard InChI is InChI=1S/C25H19N7/c1-17-27-13-10-21(29-17)18-6-4-8-20(14-18)30-24-15-23(19-7-5-11-26-16-19)31-25(32-24)22-9-2-3-12-28-22/h2-16H,1H3,(H,30,31,32). The quantitative estimate of drug-likeness (QED) is 0.425. The number of benzene rings is 1. The highest BCUT2D eigenvalue weighted by molar-refractivity contribution is 5.71. The topological polar surface area (TPSA) is 89.4 Å². The molecule has 5 rings (SSSR count). The average molecular weight is 417 g/mol. The van der Waals surface area contributed by atoms with Crippen molar-refractivity contribution in [1.82, 2.24) is 29.9 Å². The zero-order valence-electron chi connectivity index (χ0n) is 17.3. The molecule has 0 radical (unpaired) electrons. The maximum Gasteiger partial charge on any atom is 0.180 e. The highest BCUT2D eigenvalue weighted by Gasteiger charge is 2.11. The van der Waals surface area contributed by atoms with Crippen molar-refractivity contribution in [1.29, 1.82) is 0 Å². The summed E-state index contributed by atoms with van der Waals surface area (Å²) in [5, 5.41) is 3.41. The van der Waals surface area contributed by atoms with E-state index in [4.69, 9.17) is 9.97 Å². The number of hydrogen-bond donors (Lipinski definition) is 1. The van der Waals surface area contributed by atoms with Crippen LogP contribution in [0.3, 0.4) is 0 Å². The van der Waals surface area contributed by atoms with Gasteiger partial charge in [0.2, 0.25) is 0 Å². The smallest absolute Gasteiger partial charge is 0.180 e. The van der Waals surface area contributed by atoms with E-state index in [1.165, 1.54) is 0 Å². The Morgan fingerprint density at radius 2 is 1.59 bits per heavy atom. The minimum atomic E-state index is 0.539. The van der Waals surface area contributed by atoms with Crippen molar-refractivity contribution in [3.63, 3.8) is 0 Å². The van der Waals surface area contributed by atoms with Crippen molar-refractivity contribution in [3.05, 3.63) is 97.3 Å². The Morgan fingerprint density at radius 3 is 2.41 bits per heavy atom. The number of rotatable bonds is 5. The molecule has 32 heavy (non-hydrogen) atoms. The van der Waals surface area contributed by atoms with Crippen LogP contribution in [0.4, 0.5) is 11.5 Å². The van der Waals surface area contributed by atoms with Gasteiger partial charge in [0.05, 0.1) is 11.4 Å². The van der Waals surface area contributed by atoms with Crippen LogP contribution < -0.4 is 5.32 Å². The van der Waals surface area contributed by atoms with Crippen molar-refractivity contribution in [3.8, 4) is 34.0 Å². The minimum absolute atomic E-state index is 0.539. The minimum Gasteiger partial charge on any atom is -0.340 e. The van der Waals surface area contributed by atoms with Gasteiger partial charge in [-0.1, -0.05) is 18.2 Å². The van der Waals surface area contributed by atoms with Gasteiger partial charge in [-0.3, -0.25) is 9.97 Å². The Hall–Kier alpha value is -4.52. The van der Waals surface area contributed by atoms with Crippen molar-refractivity contribution >= 4 is 11.5 Å². The van der Waals surface area contributed by atoms with Gasteiger partial charge < -0.3 is 5.32 Å². The first-order valence-corrected chi connectivity index (χ1v) is 10.1. The Bertz CT molecular complexity index is 1300. The van der Waals surface area contributed by atoms with E-state index >= 15 is 0 Å². The van der Waals surface area contributed by atoms with E-state index in [0.29, 0.717) is 17.3 Å². The second kappa shape index (κ2) is 8.69. The number of aryl methyl sites for hydroxylation is 1. The maximum absolute atomic E-state index is 4.72. The molecule has 0 aliphatic heterocycles. The van der Waals surface area contributed by atoms with Crippen molar-refractivity contribution in [2.45, 2.75) is 6.92 Å². The van der Waals surface area contributed by atoms with Gasteiger partial charge in [-0.2, -0.15) is 0 Å².